The van der Waals surface area contributed by atoms with E-state index < -0.39 is 24.0 Å². The molecule has 184 valence electrons. The molecule has 2 heterocycles. The van der Waals surface area contributed by atoms with E-state index >= 15 is 0 Å². The molecule has 0 radical (unpaired) electrons. The van der Waals surface area contributed by atoms with Crippen molar-refractivity contribution in [3.05, 3.63) is 84.4 Å². The zero-order valence-corrected chi connectivity index (χ0v) is 19.9. The van der Waals surface area contributed by atoms with Crippen molar-refractivity contribution < 1.29 is 23.9 Å². The minimum Gasteiger partial charge on any atom is -0.497 e. The van der Waals surface area contributed by atoms with Crippen LogP contribution >= 0.6 is 0 Å². The number of amides is 3. The lowest BCUT2D eigenvalue weighted by Crippen LogP contribution is -2.54. The molecule has 8 nitrogen and oxygen atoms in total. The molecule has 0 aromatic heterocycles. The Morgan fingerprint density at radius 2 is 1.67 bits per heavy atom. The van der Waals surface area contributed by atoms with Crippen molar-refractivity contribution in [1.29, 1.82) is 0 Å². The third-order valence-corrected chi connectivity index (χ3v) is 6.76. The van der Waals surface area contributed by atoms with Gasteiger partial charge in [0.25, 0.3) is 5.91 Å². The monoisotopic (exact) mass is 485 g/mol. The molecule has 3 amide bonds. The standard InChI is InChI=1S/C28H27N3O5/c1-35-20-13-11-19(12-14-20)31-25(32)16-15-21(26(31)18-7-3-2-4-8-18)28(34)30-17-24(27(29)33)36-23-10-6-5-9-22(23)30/h2-14,21,24,26H,15-17H2,1H3,(H2,29,33)/t21-,24+,26+/m0/s1. The van der Waals surface area contributed by atoms with E-state index in [1.165, 1.54) is 0 Å². The summed E-state index contributed by atoms with van der Waals surface area (Å²) in [6.07, 6.45) is -0.358. The topological polar surface area (TPSA) is 102 Å². The minimum atomic E-state index is -0.957. The molecule has 8 heteroatoms. The Bertz CT molecular complexity index is 1280. The number of methoxy groups -OCH3 is 1. The van der Waals surface area contributed by atoms with Crippen LogP contribution in [0.3, 0.4) is 0 Å². The molecule has 0 spiro atoms. The molecule has 1 fully saturated rings. The van der Waals surface area contributed by atoms with Gasteiger partial charge in [0.2, 0.25) is 11.8 Å². The number of nitrogens with two attached hydrogens (primary N) is 1. The van der Waals surface area contributed by atoms with Crippen LogP contribution in [-0.2, 0) is 14.4 Å². The van der Waals surface area contributed by atoms with Gasteiger partial charge in [0, 0.05) is 12.1 Å². The van der Waals surface area contributed by atoms with Crippen LogP contribution in [0.25, 0.3) is 0 Å². The maximum atomic E-state index is 14.2. The van der Waals surface area contributed by atoms with E-state index in [9.17, 15) is 14.4 Å². The zero-order valence-electron chi connectivity index (χ0n) is 19.9. The average Bonchev–Trinajstić information content (AvgIpc) is 2.92. The number of carbonyl (C=O) groups is 3. The van der Waals surface area contributed by atoms with Gasteiger partial charge in [-0.25, -0.2) is 0 Å². The predicted molar refractivity (Wildman–Crippen MR) is 135 cm³/mol. The largest absolute Gasteiger partial charge is 0.497 e. The number of primary amides is 1. The van der Waals surface area contributed by atoms with Crippen molar-refractivity contribution >= 4 is 29.1 Å². The highest BCUT2D eigenvalue weighted by Crippen LogP contribution is 2.43. The van der Waals surface area contributed by atoms with Gasteiger partial charge in [-0.05, 0) is 48.4 Å². The van der Waals surface area contributed by atoms with Crippen LogP contribution in [0.1, 0.15) is 24.4 Å². The summed E-state index contributed by atoms with van der Waals surface area (Å²) in [7, 11) is 1.59. The minimum absolute atomic E-state index is 0.0136. The van der Waals surface area contributed by atoms with Crippen LogP contribution in [-0.4, -0.2) is 37.5 Å². The fourth-order valence-corrected chi connectivity index (χ4v) is 5.02. The summed E-state index contributed by atoms with van der Waals surface area (Å²) >= 11 is 0. The van der Waals surface area contributed by atoms with Crippen LogP contribution in [0, 0.1) is 5.92 Å². The molecule has 0 saturated carbocycles. The van der Waals surface area contributed by atoms with E-state index in [4.69, 9.17) is 15.2 Å². The van der Waals surface area contributed by atoms with Gasteiger partial charge >= 0.3 is 0 Å². The summed E-state index contributed by atoms with van der Waals surface area (Å²) < 4.78 is 11.0. The van der Waals surface area contributed by atoms with Gasteiger partial charge in [-0.15, -0.1) is 0 Å². The number of benzene rings is 3. The van der Waals surface area contributed by atoms with Gasteiger partial charge in [0.15, 0.2) is 6.10 Å². The molecule has 2 aliphatic rings. The quantitative estimate of drug-likeness (QED) is 0.596. The number of piperidine rings is 1. The molecule has 0 bridgehead atoms. The molecule has 2 N–H and O–H groups in total. The Morgan fingerprint density at radius 1 is 0.972 bits per heavy atom. The first-order chi connectivity index (χ1) is 17.5. The number of anilines is 2. The average molecular weight is 486 g/mol. The van der Waals surface area contributed by atoms with E-state index in [0.717, 1.165) is 5.56 Å². The maximum absolute atomic E-state index is 14.2. The van der Waals surface area contributed by atoms with Gasteiger partial charge in [0.05, 0.1) is 31.3 Å². The molecule has 3 aromatic rings. The van der Waals surface area contributed by atoms with Crippen molar-refractivity contribution in [3.63, 3.8) is 0 Å². The fourth-order valence-electron chi connectivity index (χ4n) is 5.02. The second-order valence-corrected chi connectivity index (χ2v) is 8.89. The Labute approximate surface area is 209 Å². The van der Waals surface area contributed by atoms with Gasteiger partial charge in [-0.1, -0.05) is 42.5 Å². The number of ether oxygens (including phenoxy) is 2. The molecule has 1 saturated heterocycles. The van der Waals surface area contributed by atoms with E-state index in [1.807, 2.05) is 48.5 Å². The fraction of sp³-hybridized carbons (Fsp3) is 0.250. The zero-order chi connectivity index (χ0) is 25.2. The number of carbonyl (C=O) groups excluding carboxylic acids is 3. The van der Waals surface area contributed by atoms with Crippen molar-refractivity contribution in [3.8, 4) is 11.5 Å². The lowest BCUT2D eigenvalue weighted by atomic mass is 9.82. The van der Waals surface area contributed by atoms with E-state index in [1.54, 1.807) is 47.2 Å². The lowest BCUT2D eigenvalue weighted by Gasteiger charge is -2.43. The van der Waals surface area contributed by atoms with Gasteiger partial charge in [-0.2, -0.15) is 0 Å². The Balaban J connectivity index is 1.57. The molecule has 3 atom stereocenters. The molecule has 36 heavy (non-hydrogen) atoms. The van der Waals surface area contributed by atoms with Gasteiger partial charge in [0.1, 0.15) is 11.5 Å². The first kappa shape index (κ1) is 23.4. The van der Waals surface area contributed by atoms with Crippen LogP contribution in [0.2, 0.25) is 0 Å². The second-order valence-electron chi connectivity index (χ2n) is 8.89. The van der Waals surface area contributed by atoms with Crippen LogP contribution in [0.5, 0.6) is 11.5 Å². The number of nitrogens with zero attached hydrogens (tertiary/aromatic N) is 2. The normalized spacial score (nSPS) is 21.4. The SMILES string of the molecule is COc1ccc(N2C(=O)CC[C@H](C(=O)N3C[C@H](C(N)=O)Oc4ccccc43)[C@H]2c2ccccc2)cc1. The summed E-state index contributed by atoms with van der Waals surface area (Å²) in [6, 6.07) is 23.4. The van der Waals surface area contributed by atoms with E-state index in [2.05, 4.69) is 0 Å². The molecule has 5 rings (SSSR count). The Morgan fingerprint density at radius 3 is 2.36 bits per heavy atom. The van der Waals surface area contributed by atoms with Crippen LogP contribution in [0.15, 0.2) is 78.9 Å². The van der Waals surface area contributed by atoms with Crippen molar-refractivity contribution in [2.45, 2.75) is 25.0 Å². The highest BCUT2D eigenvalue weighted by atomic mass is 16.5. The summed E-state index contributed by atoms with van der Waals surface area (Å²) in [6.45, 7) is 0.0136. The van der Waals surface area contributed by atoms with E-state index in [0.29, 0.717) is 29.3 Å². The van der Waals surface area contributed by atoms with E-state index in [-0.39, 0.29) is 24.8 Å². The smallest absolute Gasteiger partial charge is 0.260 e. The number of hydrogen-bond acceptors (Lipinski definition) is 5. The molecular formula is C28H27N3O5. The molecule has 3 aromatic carbocycles. The first-order valence-corrected chi connectivity index (χ1v) is 11.9. The van der Waals surface area contributed by atoms with Crippen LogP contribution in [0.4, 0.5) is 11.4 Å². The number of fused-ring (bicyclic) bond motifs is 1. The molecular weight excluding hydrogens is 458 g/mol. The summed E-state index contributed by atoms with van der Waals surface area (Å²) in [4.78, 5) is 42.8. The summed E-state index contributed by atoms with van der Waals surface area (Å²) in [5, 5.41) is 0. The molecule has 0 unspecified atom stereocenters. The van der Waals surface area contributed by atoms with Crippen LogP contribution < -0.4 is 25.0 Å². The Hall–Kier alpha value is -4.33. The third kappa shape index (κ3) is 4.26. The highest BCUT2D eigenvalue weighted by Gasteiger charge is 2.45. The number of hydrogen-bond donors (Lipinski definition) is 1. The second kappa shape index (κ2) is 9.73. The summed E-state index contributed by atoms with van der Waals surface area (Å²) in [5.41, 5.74) is 7.68. The van der Waals surface area contributed by atoms with Crippen molar-refractivity contribution in [2.24, 2.45) is 11.7 Å². The predicted octanol–water partition coefficient (Wildman–Crippen LogP) is 3.46. The number of rotatable bonds is 5. The lowest BCUT2D eigenvalue weighted by molar-refractivity contribution is -0.128. The third-order valence-electron chi connectivity index (χ3n) is 6.76. The summed E-state index contributed by atoms with van der Waals surface area (Å²) in [5.74, 6) is -0.328. The maximum Gasteiger partial charge on any atom is 0.260 e. The van der Waals surface area contributed by atoms with Crippen molar-refractivity contribution in [2.75, 3.05) is 23.5 Å². The highest BCUT2D eigenvalue weighted by molar-refractivity contribution is 6.02. The van der Waals surface area contributed by atoms with Gasteiger partial charge < -0.3 is 25.0 Å². The Kier molecular flexibility index (Phi) is 6.33. The molecule has 0 aliphatic carbocycles. The van der Waals surface area contributed by atoms with Gasteiger partial charge in [-0.3, -0.25) is 14.4 Å². The molecule has 2 aliphatic heterocycles. The number of para-hydroxylation sites is 2. The van der Waals surface area contributed by atoms with Crippen molar-refractivity contribution in [1.82, 2.24) is 0 Å². The first-order valence-electron chi connectivity index (χ1n) is 11.9.